The summed E-state index contributed by atoms with van der Waals surface area (Å²) in [5.74, 6) is 0.989. The van der Waals surface area contributed by atoms with Crippen molar-refractivity contribution < 1.29 is 4.42 Å². The Morgan fingerprint density at radius 2 is 2.44 bits per heavy atom. The molecule has 0 saturated carbocycles. The minimum absolute atomic E-state index is 0.190. The van der Waals surface area contributed by atoms with E-state index in [0.717, 1.165) is 18.7 Å². The molecular weight excluding hydrogens is 333 g/mol. The average molecular weight is 347 g/mol. The monoisotopic (exact) mass is 347 g/mol. The lowest BCUT2D eigenvalue weighted by atomic mass is 10.1. The first-order valence-electron chi connectivity index (χ1n) is 5.32. The zero-order valence-corrected chi connectivity index (χ0v) is 12.0. The van der Waals surface area contributed by atoms with Gasteiger partial charge in [-0.25, -0.2) is 0 Å². The average Bonchev–Trinajstić information content (AvgIpc) is 2.91. The Balaban J connectivity index is 2.21. The summed E-state index contributed by atoms with van der Waals surface area (Å²) in [6.07, 6.45) is 2.85. The second-order valence-corrected chi connectivity index (χ2v) is 6.39. The Labute approximate surface area is 113 Å². The van der Waals surface area contributed by atoms with Crippen LogP contribution in [-0.4, -0.2) is 6.54 Å². The van der Waals surface area contributed by atoms with Crippen LogP contribution in [0.15, 0.2) is 34.3 Å². The van der Waals surface area contributed by atoms with Crippen LogP contribution in [0, 0.1) is 2.88 Å². The summed E-state index contributed by atoms with van der Waals surface area (Å²) in [6.45, 7) is 3.17. The molecule has 1 N–H and O–H groups in total. The molecule has 0 radical (unpaired) electrons. The van der Waals surface area contributed by atoms with Crippen molar-refractivity contribution in [3.8, 4) is 0 Å². The molecule has 0 aliphatic rings. The Morgan fingerprint density at radius 1 is 1.56 bits per heavy atom. The van der Waals surface area contributed by atoms with E-state index < -0.39 is 0 Å². The van der Waals surface area contributed by atoms with Gasteiger partial charge in [0, 0.05) is 0 Å². The molecule has 0 amide bonds. The van der Waals surface area contributed by atoms with E-state index >= 15 is 0 Å². The molecule has 2 heterocycles. The largest absolute Gasteiger partial charge is 0.467 e. The smallest absolute Gasteiger partial charge is 0.125 e. The van der Waals surface area contributed by atoms with Gasteiger partial charge in [0.15, 0.2) is 0 Å². The third-order valence-electron chi connectivity index (χ3n) is 2.35. The van der Waals surface area contributed by atoms with Gasteiger partial charge in [-0.3, -0.25) is 0 Å². The highest BCUT2D eigenvalue weighted by Crippen LogP contribution is 2.27. The molecule has 0 spiro atoms. The molecule has 0 aliphatic heterocycles. The van der Waals surface area contributed by atoms with E-state index in [9.17, 15) is 0 Å². The highest BCUT2D eigenvalue weighted by Gasteiger charge is 2.16. The van der Waals surface area contributed by atoms with Crippen LogP contribution in [0.3, 0.4) is 0 Å². The van der Waals surface area contributed by atoms with Gasteiger partial charge < -0.3 is 9.73 Å². The number of furan rings is 1. The summed E-state index contributed by atoms with van der Waals surface area (Å²) in [5, 5.41) is 5.70. The maximum atomic E-state index is 5.50. The van der Waals surface area contributed by atoms with Crippen molar-refractivity contribution in [1.29, 1.82) is 0 Å². The van der Waals surface area contributed by atoms with E-state index in [-0.39, 0.29) is 6.04 Å². The van der Waals surface area contributed by atoms with Crippen LogP contribution < -0.4 is 5.32 Å². The van der Waals surface area contributed by atoms with Gasteiger partial charge in [-0.15, -0.1) is 11.3 Å². The van der Waals surface area contributed by atoms with Gasteiger partial charge in [0.25, 0.3) is 0 Å². The zero-order chi connectivity index (χ0) is 11.4. The minimum Gasteiger partial charge on any atom is -0.467 e. The van der Waals surface area contributed by atoms with Gasteiger partial charge in [-0.05, 0) is 64.7 Å². The van der Waals surface area contributed by atoms with Crippen LogP contribution in [0.4, 0.5) is 0 Å². The van der Waals surface area contributed by atoms with Crippen molar-refractivity contribution in [2.24, 2.45) is 0 Å². The fourth-order valence-electron chi connectivity index (χ4n) is 1.60. The van der Waals surface area contributed by atoms with Gasteiger partial charge in [0.1, 0.15) is 5.76 Å². The third kappa shape index (κ3) is 2.87. The lowest BCUT2D eigenvalue weighted by molar-refractivity contribution is 0.447. The molecule has 2 aromatic heterocycles. The van der Waals surface area contributed by atoms with Gasteiger partial charge in [-0.2, -0.15) is 0 Å². The minimum atomic E-state index is 0.190. The molecular formula is C12H14INOS. The molecule has 0 fully saturated rings. The fraction of sp³-hybridized carbons (Fsp3) is 0.333. The Bertz CT molecular complexity index is 424. The molecule has 2 nitrogen and oxygen atoms in total. The number of hydrogen-bond acceptors (Lipinski definition) is 3. The standard InChI is InChI=1S/C12H14INOS/c1-2-5-14-12(10-4-3-6-15-10)9-7-11(13)16-8-9/h3-4,6-8,12,14H,2,5H2,1H3. The van der Waals surface area contributed by atoms with Crippen LogP contribution in [0.2, 0.25) is 0 Å². The van der Waals surface area contributed by atoms with E-state index in [0.29, 0.717) is 0 Å². The summed E-state index contributed by atoms with van der Waals surface area (Å²) >= 11 is 4.12. The van der Waals surface area contributed by atoms with Gasteiger partial charge in [0.05, 0.1) is 15.2 Å². The molecule has 2 aromatic rings. The topological polar surface area (TPSA) is 25.2 Å². The van der Waals surface area contributed by atoms with E-state index in [1.807, 2.05) is 12.1 Å². The maximum Gasteiger partial charge on any atom is 0.125 e. The molecule has 4 heteroatoms. The number of rotatable bonds is 5. The van der Waals surface area contributed by atoms with Crippen molar-refractivity contribution >= 4 is 33.9 Å². The van der Waals surface area contributed by atoms with Crippen molar-refractivity contribution in [1.82, 2.24) is 5.32 Å². The zero-order valence-electron chi connectivity index (χ0n) is 9.07. The predicted octanol–water partition coefficient (Wildman–Crippen LogP) is 4.03. The summed E-state index contributed by atoms with van der Waals surface area (Å²) < 4.78 is 6.80. The van der Waals surface area contributed by atoms with Crippen LogP contribution >= 0.6 is 33.9 Å². The lowest BCUT2D eigenvalue weighted by Gasteiger charge is -2.14. The highest BCUT2D eigenvalue weighted by atomic mass is 127. The molecule has 0 aliphatic carbocycles. The molecule has 1 unspecified atom stereocenters. The molecule has 0 aromatic carbocycles. The Kier molecular flexibility index (Phi) is 4.43. The first-order chi connectivity index (χ1) is 7.81. The molecule has 0 saturated heterocycles. The van der Waals surface area contributed by atoms with Crippen LogP contribution in [0.25, 0.3) is 0 Å². The molecule has 0 bridgehead atoms. The summed E-state index contributed by atoms with van der Waals surface area (Å²) in [7, 11) is 0. The van der Waals surface area contributed by atoms with Crippen LogP contribution in [0.1, 0.15) is 30.7 Å². The van der Waals surface area contributed by atoms with E-state index in [2.05, 4.69) is 46.3 Å². The van der Waals surface area contributed by atoms with E-state index in [1.165, 1.54) is 8.45 Å². The number of nitrogens with one attached hydrogen (secondary N) is 1. The molecule has 1 atom stereocenters. The highest BCUT2D eigenvalue weighted by molar-refractivity contribution is 14.1. The van der Waals surface area contributed by atoms with Crippen LogP contribution in [-0.2, 0) is 0 Å². The fourth-order valence-corrected chi connectivity index (χ4v) is 3.00. The normalized spacial score (nSPS) is 12.9. The van der Waals surface area contributed by atoms with Gasteiger partial charge in [-0.1, -0.05) is 6.92 Å². The number of hydrogen-bond donors (Lipinski definition) is 1. The lowest BCUT2D eigenvalue weighted by Crippen LogP contribution is -2.22. The summed E-state index contributed by atoms with van der Waals surface area (Å²) in [5.41, 5.74) is 1.29. The van der Waals surface area contributed by atoms with Crippen molar-refractivity contribution in [3.63, 3.8) is 0 Å². The Morgan fingerprint density at radius 3 is 3.00 bits per heavy atom. The quantitative estimate of drug-likeness (QED) is 0.826. The molecule has 86 valence electrons. The number of halogens is 1. The maximum absolute atomic E-state index is 5.50. The van der Waals surface area contributed by atoms with Crippen molar-refractivity contribution in [2.45, 2.75) is 19.4 Å². The summed E-state index contributed by atoms with van der Waals surface area (Å²) in [4.78, 5) is 0. The van der Waals surface area contributed by atoms with Gasteiger partial charge in [0.2, 0.25) is 0 Å². The second-order valence-electron chi connectivity index (χ2n) is 3.59. The predicted molar refractivity (Wildman–Crippen MR) is 75.9 cm³/mol. The summed E-state index contributed by atoms with van der Waals surface area (Å²) in [6, 6.07) is 6.36. The molecule has 16 heavy (non-hydrogen) atoms. The van der Waals surface area contributed by atoms with Crippen molar-refractivity contribution in [2.75, 3.05) is 6.54 Å². The van der Waals surface area contributed by atoms with Crippen molar-refractivity contribution in [3.05, 3.63) is 44.0 Å². The van der Waals surface area contributed by atoms with Crippen LogP contribution in [0.5, 0.6) is 0 Å². The second kappa shape index (κ2) is 5.84. The first-order valence-corrected chi connectivity index (χ1v) is 7.28. The SMILES string of the molecule is CCCNC(c1csc(I)c1)c1ccco1. The third-order valence-corrected chi connectivity index (χ3v) is 4.15. The number of thiophene rings is 1. The first kappa shape index (κ1) is 12.1. The van der Waals surface area contributed by atoms with Gasteiger partial charge >= 0.3 is 0 Å². The van der Waals surface area contributed by atoms with E-state index in [1.54, 1.807) is 17.6 Å². The Hall–Kier alpha value is -0.330. The van der Waals surface area contributed by atoms with E-state index in [4.69, 9.17) is 4.42 Å². The molecule has 2 rings (SSSR count).